The van der Waals surface area contributed by atoms with Crippen molar-refractivity contribution in [1.29, 1.82) is 0 Å². The second kappa shape index (κ2) is 4.91. The van der Waals surface area contributed by atoms with Gasteiger partial charge in [0, 0.05) is 0 Å². The molecule has 2 rings (SSSR count). The number of carbonyl (C=O) groups is 2. The van der Waals surface area contributed by atoms with E-state index in [1.165, 1.54) is 0 Å². The summed E-state index contributed by atoms with van der Waals surface area (Å²) in [5.74, 6) is -1.26. The lowest BCUT2D eigenvalue weighted by molar-refractivity contribution is 0.0400. The van der Waals surface area contributed by atoms with Crippen LogP contribution in [0.15, 0.2) is 16.0 Å². The van der Waals surface area contributed by atoms with Crippen LogP contribution in [-0.2, 0) is 4.74 Å². The summed E-state index contributed by atoms with van der Waals surface area (Å²) in [5.41, 5.74) is 0.540. The van der Waals surface area contributed by atoms with E-state index >= 15 is 0 Å². The van der Waals surface area contributed by atoms with Crippen molar-refractivity contribution in [2.75, 3.05) is 0 Å². The first kappa shape index (κ1) is 12.8. The Hall–Kier alpha value is -1.66. The van der Waals surface area contributed by atoms with Gasteiger partial charge in [0.2, 0.25) is 0 Å². The lowest BCUT2D eigenvalue weighted by Crippen LogP contribution is -2.13. The monoisotopic (exact) mass is 285 g/mol. The molecule has 7 heteroatoms. The molecule has 0 unspecified atom stereocenters. The Balaban J connectivity index is 2.18. The predicted molar refractivity (Wildman–Crippen MR) is 65.1 cm³/mol. The number of hydrogen-bond donors (Lipinski definition) is 0. The molecule has 2 heterocycles. The largest absolute Gasteiger partial charge is 0.385 e. The highest BCUT2D eigenvalue weighted by atomic mass is 35.5. The zero-order valence-electron chi connectivity index (χ0n) is 9.52. The van der Waals surface area contributed by atoms with E-state index in [-0.39, 0.29) is 15.5 Å². The van der Waals surface area contributed by atoms with Crippen LogP contribution >= 0.6 is 22.9 Å². The van der Waals surface area contributed by atoms with Gasteiger partial charge in [0.15, 0.2) is 0 Å². The minimum Gasteiger partial charge on any atom is -0.385 e. The number of halogens is 1. The lowest BCUT2D eigenvalue weighted by Gasteiger charge is -2.00. The van der Waals surface area contributed by atoms with Gasteiger partial charge >= 0.3 is 11.9 Å². The number of carbonyl (C=O) groups excluding carboxylic acids is 2. The molecule has 0 aliphatic heterocycles. The third-order valence-corrected chi connectivity index (χ3v) is 3.55. The first-order chi connectivity index (χ1) is 8.50. The average Bonchev–Trinajstić information content (AvgIpc) is 2.85. The molecule has 94 valence electrons. The summed E-state index contributed by atoms with van der Waals surface area (Å²) < 4.78 is 9.56. The maximum Gasteiger partial charge on any atom is 0.357 e. The molecule has 0 N–H and O–H groups in total. The van der Waals surface area contributed by atoms with Gasteiger partial charge in [-0.05, 0) is 25.3 Å². The van der Waals surface area contributed by atoms with Crippen LogP contribution in [0.5, 0.6) is 0 Å². The van der Waals surface area contributed by atoms with Gasteiger partial charge in [0.25, 0.3) is 0 Å². The maximum atomic E-state index is 11.8. The Morgan fingerprint density at radius 1 is 1.39 bits per heavy atom. The molecular formula is C11H8ClNO4S. The van der Waals surface area contributed by atoms with Crippen LogP contribution in [0, 0.1) is 13.8 Å². The summed E-state index contributed by atoms with van der Waals surface area (Å²) in [6.45, 7) is 3.16. The summed E-state index contributed by atoms with van der Waals surface area (Å²) in [6, 6.07) is 1.56. The van der Waals surface area contributed by atoms with Gasteiger partial charge in [-0.3, -0.25) is 0 Å². The standard InChI is InChI=1S/C11H8ClNO4S/c1-5-8(6(2)17-13-5)10(14)16-11(15)9-7(12)3-4-18-9/h3-4H,1-2H3. The molecule has 0 radical (unpaired) electrons. The second-order valence-corrected chi connectivity index (χ2v) is 4.80. The quantitative estimate of drug-likeness (QED) is 0.626. The van der Waals surface area contributed by atoms with Crippen LogP contribution in [0.3, 0.4) is 0 Å². The van der Waals surface area contributed by atoms with Gasteiger partial charge in [0.05, 0.1) is 10.7 Å². The first-order valence-electron chi connectivity index (χ1n) is 4.93. The maximum absolute atomic E-state index is 11.8. The fourth-order valence-corrected chi connectivity index (χ4v) is 2.40. The van der Waals surface area contributed by atoms with E-state index in [1.54, 1.807) is 25.3 Å². The molecule has 0 atom stereocenters. The van der Waals surface area contributed by atoms with Crippen molar-refractivity contribution < 1.29 is 18.8 Å². The predicted octanol–water partition coefficient (Wildman–Crippen LogP) is 3.00. The average molecular weight is 286 g/mol. The van der Waals surface area contributed by atoms with E-state index in [9.17, 15) is 9.59 Å². The summed E-state index contributed by atoms with van der Waals surface area (Å²) in [4.78, 5) is 23.7. The molecule has 0 saturated carbocycles. The van der Waals surface area contributed by atoms with Crippen LogP contribution in [0.2, 0.25) is 5.02 Å². The topological polar surface area (TPSA) is 69.4 Å². The molecule has 0 bridgehead atoms. The molecule has 0 aliphatic carbocycles. The first-order valence-corrected chi connectivity index (χ1v) is 6.19. The smallest absolute Gasteiger partial charge is 0.357 e. The molecule has 18 heavy (non-hydrogen) atoms. The van der Waals surface area contributed by atoms with Gasteiger partial charge in [-0.1, -0.05) is 16.8 Å². The Morgan fingerprint density at radius 2 is 2.11 bits per heavy atom. The summed E-state index contributed by atoms with van der Waals surface area (Å²) in [6.07, 6.45) is 0. The van der Waals surface area contributed by atoms with Gasteiger partial charge in [-0.25, -0.2) is 9.59 Å². The van der Waals surface area contributed by atoms with Crippen molar-refractivity contribution in [3.8, 4) is 0 Å². The van der Waals surface area contributed by atoms with E-state index in [4.69, 9.17) is 20.9 Å². The minimum atomic E-state index is -0.791. The SMILES string of the molecule is Cc1noc(C)c1C(=O)OC(=O)c1sccc1Cl. The third-order valence-electron chi connectivity index (χ3n) is 2.23. The van der Waals surface area contributed by atoms with Crippen molar-refractivity contribution in [2.24, 2.45) is 0 Å². The highest BCUT2D eigenvalue weighted by molar-refractivity contribution is 7.12. The highest BCUT2D eigenvalue weighted by Crippen LogP contribution is 2.23. The normalized spacial score (nSPS) is 10.4. The van der Waals surface area contributed by atoms with E-state index in [0.717, 1.165) is 11.3 Å². The number of rotatable bonds is 2. The number of aromatic nitrogens is 1. The van der Waals surface area contributed by atoms with Gasteiger partial charge in [-0.15, -0.1) is 11.3 Å². The second-order valence-electron chi connectivity index (χ2n) is 3.47. The van der Waals surface area contributed by atoms with E-state index in [2.05, 4.69) is 5.16 Å². The zero-order valence-corrected chi connectivity index (χ0v) is 11.1. The third kappa shape index (κ3) is 2.30. The summed E-state index contributed by atoms with van der Waals surface area (Å²) >= 11 is 6.88. The highest BCUT2D eigenvalue weighted by Gasteiger charge is 2.24. The Labute approximate surface area is 111 Å². The molecule has 0 aliphatic rings. The molecule has 0 aromatic carbocycles. The van der Waals surface area contributed by atoms with E-state index < -0.39 is 11.9 Å². The molecule has 2 aromatic heterocycles. The number of nitrogens with zero attached hydrogens (tertiary/aromatic N) is 1. The molecule has 5 nitrogen and oxygen atoms in total. The Kier molecular flexibility index (Phi) is 3.49. The van der Waals surface area contributed by atoms with Crippen molar-refractivity contribution in [2.45, 2.75) is 13.8 Å². The summed E-state index contributed by atoms with van der Waals surface area (Å²) in [5, 5.41) is 5.51. The minimum absolute atomic E-state index is 0.163. The van der Waals surface area contributed by atoms with Crippen LogP contribution in [0.4, 0.5) is 0 Å². The van der Waals surface area contributed by atoms with E-state index in [0.29, 0.717) is 11.5 Å². The molecule has 0 spiro atoms. The fourth-order valence-electron chi connectivity index (χ4n) is 1.40. The Bertz CT molecular complexity index is 597. The molecule has 0 amide bonds. The van der Waals surface area contributed by atoms with Crippen LogP contribution in [0.1, 0.15) is 31.5 Å². The van der Waals surface area contributed by atoms with Crippen molar-refractivity contribution in [1.82, 2.24) is 5.16 Å². The van der Waals surface area contributed by atoms with Crippen LogP contribution in [0.25, 0.3) is 0 Å². The molecule has 2 aromatic rings. The number of ether oxygens (including phenoxy) is 1. The van der Waals surface area contributed by atoms with Gasteiger partial charge < -0.3 is 9.26 Å². The Morgan fingerprint density at radius 3 is 2.61 bits per heavy atom. The molecule has 0 saturated heterocycles. The van der Waals surface area contributed by atoms with Crippen molar-refractivity contribution in [3.05, 3.63) is 38.4 Å². The van der Waals surface area contributed by atoms with Gasteiger partial charge in [-0.2, -0.15) is 0 Å². The van der Waals surface area contributed by atoms with Crippen molar-refractivity contribution >= 4 is 34.9 Å². The van der Waals surface area contributed by atoms with E-state index in [1.807, 2.05) is 0 Å². The number of hydrogen-bond acceptors (Lipinski definition) is 6. The van der Waals surface area contributed by atoms with Crippen molar-refractivity contribution in [3.63, 3.8) is 0 Å². The van der Waals surface area contributed by atoms with Crippen LogP contribution < -0.4 is 0 Å². The zero-order chi connectivity index (χ0) is 13.3. The molecular weight excluding hydrogens is 278 g/mol. The van der Waals surface area contributed by atoms with Gasteiger partial charge in [0.1, 0.15) is 16.2 Å². The fraction of sp³-hybridized carbons (Fsp3) is 0.182. The number of esters is 2. The number of aryl methyl sites for hydroxylation is 2. The number of thiophene rings is 1. The summed E-state index contributed by atoms with van der Waals surface area (Å²) in [7, 11) is 0. The molecule has 0 fully saturated rings. The lowest BCUT2D eigenvalue weighted by atomic mass is 10.2. The van der Waals surface area contributed by atoms with Crippen LogP contribution in [-0.4, -0.2) is 17.1 Å².